The summed E-state index contributed by atoms with van der Waals surface area (Å²) >= 11 is 5.79. The average Bonchev–Trinajstić information content (AvgIpc) is 3.34. The van der Waals surface area contributed by atoms with Crippen LogP contribution in [0.1, 0.15) is 24.5 Å². The van der Waals surface area contributed by atoms with Gasteiger partial charge in [0, 0.05) is 24.7 Å². The van der Waals surface area contributed by atoms with Crippen LogP contribution in [0.25, 0.3) is 0 Å². The van der Waals surface area contributed by atoms with Crippen molar-refractivity contribution in [3.05, 3.63) is 57.2 Å². The van der Waals surface area contributed by atoms with Crippen LogP contribution in [-0.2, 0) is 4.79 Å². The smallest absolute Gasteiger partial charge is 0.269 e. The minimum Gasteiger partial charge on any atom is -0.387 e. The largest absolute Gasteiger partial charge is 0.387 e. The van der Waals surface area contributed by atoms with E-state index in [0.29, 0.717) is 12.1 Å². The predicted molar refractivity (Wildman–Crippen MR) is 118 cm³/mol. The number of non-ortho nitro benzene ring substituents is 1. The summed E-state index contributed by atoms with van der Waals surface area (Å²) in [6.45, 7) is 0.770. The predicted octanol–water partition coefficient (Wildman–Crippen LogP) is 2.04. The Labute approximate surface area is 193 Å². The van der Waals surface area contributed by atoms with Gasteiger partial charge in [0.1, 0.15) is 0 Å². The van der Waals surface area contributed by atoms with E-state index in [0.717, 1.165) is 19.0 Å². The number of nitrogens with two attached hydrogens (primary N) is 1. The Hall–Kier alpha value is -2.89. The Kier molecular flexibility index (Phi) is 6.73. The van der Waals surface area contributed by atoms with Crippen molar-refractivity contribution in [1.82, 2.24) is 15.3 Å². The number of primary amides is 1. The quantitative estimate of drug-likeness (QED) is 0.242. The normalized spacial score (nSPS) is 26.8. The lowest BCUT2D eigenvalue weighted by molar-refractivity contribution is -0.385. The topological polar surface area (TPSA) is 156 Å². The minimum absolute atomic E-state index is 0.0445. The molecule has 10 nitrogen and oxygen atoms in total. The number of hydrogen-bond donors (Lipinski definition) is 4. The first-order valence-electron chi connectivity index (χ1n) is 10.6. The fourth-order valence-electron chi connectivity index (χ4n) is 5.31. The van der Waals surface area contributed by atoms with Crippen LogP contribution in [0.4, 0.5) is 15.9 Å². The fourth-order valence-corrected chi connectivity index (χ4v) is 5.44. The summed E-state index contributed by atoms with van der Waals surface area (Å²) in [7, 11) is 0. The Bertz CT molecular complexity index is 1060. The van der Waals surface area contributed by atoms with Crippen molar-refractivity contribution in [2.45, 2.75) is 25.0 Å². The van der Waals surface area contributed by atoms with E-state index in [-0.39, 0.29) is 41.1 Å². The number of nitrogens with one attached hydrogen (secondary N) is 2. The molecule has 1 aromatic heterocycles. The third-order valence-electron chi connectivity index (χ3n) is 6.70. The maximum Gasteiger partial charge on any atom is 0.269 e. The van der Waals surface area contributed by atoms with Gasteiger partial charge in [-0.1, -0.05) is 12.1 Å². The van der Waals surface area contributed by atoms with E-state index in [1.807, 2.05) is 0 Å². The van der Waals surface area contributed by atoms with Crippen LogP contribution in [0.5, 0.6) is 0 Å². The van der Waals surface area contributed by atoms with E-state index in [9.17, 15) is 24.4 Å². The lowest BCUT2D eigenvalue weighted by Crippen LogP contribution is -2.47. The zero-order chi connectivity index (χ0) is 23.7. The number of anilines is 1. The fraction of sp³-hybridized carbons (Fsp3) is 0.476. The molecule has 0 radical (unpaired) electrons. The molecule has 1 unspecified atom stereocenters. The molecule has 0 saturated heterocycles. The van der Waals surface area contributed by atoms with Crippen molar-refractivity contribution >= 4 is 29.0 Å². The molecule has 1 heterocycles. The van der Waals surface area contributed by atoms with Gasteiger partial charge in [-0.3, -0.25) is 14.9 Å². The molecule has 33 heavy (non-hydrogen) atoms. The first kappa shape index (κ1) is 23.3. The second-order valence-electron chi connectivity index (χ2n) is 8.62. The van der Waals surface area contributed by atoms with Crippen LogP contribution < -0.4 is 16.4 Å². The number of benzene rings is 1. The number of fused-ring (bicyclic) bond motifs is 2. The van der Waals surface area contributed by atoms with Gasteiger partial charge in [-0.15, -0.1) is 0 Å². The highest BCUT2D eigenvalue weighted by atomic mass is 35.5. The standard InChI is InChI=1S/C21H24ClFN6O4/c22-21-26-8-15(23)20(28-21)27-18-14-6-11(17(18)19(24)31)4-12(14)7-25-9-16(30)10-2-1-3-13(5-10)29(32)33/h1-3,5,8,11-12,14,16-18,25,30H,4,6-7,9H2,(H2,24,31)(H,26,27,28)/t11-,12+,14-,16?,17+,18-/m1/s1. The van der Waals surface area contributed by atoms with Crippen molar-refractivity contribution in [2.75, 3.05) is 18.4 Å². The molecule has 1 aromatic carbocycles. The van der Waals surface area contributed by atoms with E-state index >= 15 is 0 Å². The molecule has 2 fully saturated rings. The highest BCUT2D eigenvalue weighted by Crippen LogP contribution is 2.52. The molecule has 5 N–H and O–H groups in total. The van der Waals surface area contributed by atoms with E-state index < -0.39 is 34.7 Å². The van der Waals surface area contributed by atoms with Crippen LogP contribution in [0, 0.1) is 39.6 Å². The summed E-state index contributed by atoms with van der Waals surface area (Å²) in [5.74, 6) is -1.34. The third kappa shape index (κ3) is 4.90. The van der Waals surface area contributed by atoms with Crippen molar-refractivity contribution in [3.63, 3.8) is 0 Å². The monoisotopic (exact) mass is 478 g/mol. The molecule has 0 spiro atoms. The maximum atomic E-state index is 14.2. The van der Waals surface area contributed by atoms with Crippen LogP contribution in [0.15, 0.2) is 30.5 Å². The number of carbonyl (C=O) groups excluding carboxylic acids is 1. The van der Waals surface area contributed by atoms with Crippen LogP contribution in [0.2, 0.25) is 5.28 Å². The van der Waals surface area contributed by atoms with Gasteiger partial charge in [-0.05, 0) is 54.3 Å². The molecule has 6 atom stereocenters. The summed E-state index contributed by atoms with van der Waals surface area (Å²) < 4.78 is 14.2. The number of amides is 1. The van der Waals surface area contributed by atoms with Crippen molar-refractivity contribution in [2.24, 2.45) is 29.4 Å². The number of rotatable bonds is 9. The van der Waals surface area contributed by atoms with Gasteiger partial charge in [0.2, 0.25) is 11.2 Å². The first-order chi connectivity index (χ1) is 15.7. The molecule has 2 aromatic rings. The molecular formula is C21H24ClFN6O4. The highest BCUT2D eigenvalue weighted by Gasteiger charge is 2.54. The molecule has 2 bridgehead atoms. The molecule has 12 heteroatoms. The summed E-state index contributed by atoms with van der Waals surface area (Å²) in [6.07, 6.45) is 1.61. The maximum absolute atomic E-state index is 14.2. The second-order valence-corrected chi connectivity index (χ2v) is 8.95. The van der Waals surface area contributed by atoms with Crippen LogP contribution in [-0.4, -0.2) is 45.0 Å². The zero-order valence-electron chi connectivity index (χ0n) is 17.5. The average molecular weight is 479 g/mol. The van der Waals surface area contributed by atoms with Gasteiger partial charge in [-0.2, -0.15) is 4.98 Å². The molecule has 0 aliphatic heterocycles. The summed E-state index contributed by atoms with van der Waals surface area (Å²) in [4.78, 5) is 30.1. The number of nitro benzene ring substituents is 1. The summed E-state index contributed by atoms with van der Waals surface area (Å²) in [5, 5.41) is 27.5. The first-order valence-corrected chi connectivity index (χ1v) is 11.0. The number of aliphatic hydroxyl groups excluding tert-OH is 1. The molecule has 1 amide bonds. The van der Waals surface area contributed by atoms with Crippen molar-refractivity contribution < 1.29 is 19.2 Å². The van der Waals surface area contributed by atoms with E-state index in [2.05, 4.69) is 20.6 Å². The minimum atomic E-state index is -0.909. The Balaban J connectivity index is 1.39. The van der Waals surface area contributed by atoms with E-state index in [1.54, 1.807) is 6.07 Å². The molecule has 2 saturated carbocycles. The highest BCUT2D eigenvalue weighted by molar-refractivity contribution is 6.28. The number of nitrogens with zero attached hydrogens (tertiary/aromatic N) is 3. The van der Waals surface area contributed by atoms with E-state index in [1.165, 1.54) is 18.2 Å². The number of hydrogen-bond acceptors (Lipinski definition) is 8. The molecular weight excluding hydrogens is 455 g/mol. The van der Waals surface area contributed by atoms with E-state index in [4.69, 9.17) is 17.3 Å². The number of aliphatic hydroxyl groups is 1. The van der Waals surface area contributed by atoms with Crippen LogP contribution >= 0.6 is 11.6 Å². The number of aromatic nitrogens is 2. The third-order valence-corrected chi connectivity index (χ3v) is 6.88. The van der Waals surface area contributed by atoms with Gasteiger partial charge in [0.05, 0.1) is 23.1 Å². The van der Waals surface area contributed by atoms with Crippen molar-refractivity contribution in [1.29, 1.82) is 0 Å². The van der Waals surface area contributed by atoms with Gasteiger partial charge in [-0.25, -0.2) is 9.37 Å². The van der Waals surface area contributed by atoms with Gasteiger partial charge >= 0.3 is 0 Å². The second kappa shape index (κ2) is 9.54. The summed E-state index contributed by atoms with van der Waals surface area (Å²) in [5.41, 5.74) is 6.02. The lowest BCUT2D eigenvalue weighted by Gasteiger charge is -2.35. The Morgan fingerprint density at radius 1 is 1.42 bits per heavy atom. The summed E-state index contributed by atoms with van der Waals surface area (Å²) in [6, 6.07) is 5.49. The van der Waals surface area contributed by atoms with Gasteiger partial charge in [0.15, 0.2) is 11.6 Å². The molecule has 176 valence electrons. The molecule has 2 aliphatic rings. The Morgan fingerprint density at radius 3 is 2.94 bits per heavy atom. The van der Waals surface area contributed by atoms with Gasteiger partial charge < -0.3 is 21.5 Å². The molecule has 4 rings (SSSR count). The number of halogens is 2. The van der Waals surface area contributed by atoms with Gasteiger partial charge in [0.25, 0.3) is 5.69 Å². The Morgan fingerprint density at radius 2 is 2.21 bits per heavy atom. The van der Waals surface area contributed by atoms with Crippen LogP contribution in [0.3, 0.4) is 0 Å². The molecule has 2 aliphatic carbocycles. The SMILES string of the molecule is NC(=O)[C@H]1[C@@H]2C[C@@H](CNCC(O)c3cccc([N+](=O)[O-])c3)[C@@H](C2)[C@H]1Nc1nc(Cl)ncc1F. The number of nitro groups is 1. The zero-order valence-corrected chi connectivity index (χ0v) is 18.3. The number of carbonyl (C=O) groups is 1. The lowest BCUT2D eigenvalue weighted by atomic mass is 9.77. The van der Waals surface area contributed by atoms with Crippen molar-refractivity contribution in [3.8, 4) is 0 Å².